The SMILES string of the molecule is CNC(c1cncc(OC(C)C)c1)c1coc(C)c1. The van der Waals surface area contributed by atoms with Gasteiger partial charge in [0, 0.05) is 11.8 Å². The molecule has 2 heterocycles. The van der Waals surface area contributed by atoms with Gasteiger partial charge in [0.25, 0.3) is 0 Å². The molecule has 0 saturated carbocycles. The zero-order chi connectivity index (χ0) is 13.8. The van der Waals surface area contributed by atoms with Crippen LogP contribution >= 0.6 is 0 Å². The average molecular weight is 260 g/mol. The van der Waals surface area contributed by atoms with Crippen LogP contribution in [0.1, 0.15) is 36.8 Å². The van der Waals surface area contributed by atoms with Crippen molar-refractivity contribution < 1.29 is 9.15 Å². The molecule has 0 aliphatic carbocycles. The molecule has 0 saturated heterocycles. The molecule has 0 spiro atoms. The van der Waals surface area contributed by atoms with E-state index in [1.807, 2.05) is 46.1 Å². The molecular weight excluding hydrogens is 240 g/mol. The first-order valence-electron chi connectivity index (χ1n) is 6.44. The first-order valence-corrected chi connectivity index (χ1v) is 6.44. The van der Waals surface area contributed by atoms with Crippen LogP contribution in [0.5, 0.6) is 5.75 Å². The normalized spacial score (nSPS) is 12.7. The number of ether oxygens (including phenoxy) is 1. The predicted octanol–water partition coefficient (Wildman–Crippen LogP) is 3.08. The molecule has 0 aliphatic rings. The van der Waals surface area contributed by atoms with Gasteiger partial charge in [-0.25, -0.2) is 0 Å². The summed E-state index contributed by atoms with van der Waals surface area (Å²) < 4.78 is 11.0. The molecule has 0 bridgehead atoms. The van der Waals surface area contributed by atoms with E-state index in [0.29, 0.717) is 0 Å². The second-order valence-electron chi connectivity index (χ2n) is 4.83. The van der Waals surface area contributed by atoms with Gasteiger partial charge >= 0.3 is 0 Å². The quantitative estimate of drug-likeness (QED) is 0.897. The molecule has 1 N–H and O–H groups in total. The maximum atomic E-state index is 5.68. The van der Waals surface area contributed by atoms with Crippen molar-refractivity contribution in [2.24, 2.45) is 0 Å². The number of nitrogens with one attached hydrogen (secondary N) is 1. The standard InChI is InChI=1S/C15H20N2O2/c1-10(2)19-14-6-12(7-17-8-14)15(16-4)13-5-11(3)18-9-13/h5-10,15-16H,1-4H3. The first-order chi connectivity index (χ1) is 9.10. The number of pyridine rings is 1. The van der Waals surface area contributed by atoms with E-state index in [1.165, 1.54) is 0 Å². The van der Waals surface area contributed by atoms with Gasteiger partial charge < -0.3 is 14.5 Å². The van der Waals surface area contributed by atoms with Crippen molar-refractivity contribution in [2.45, 2.75) is 32.9 Å². The van der Waals surface area contributed by atoms with Gasteiger partial charge in [0.2, 0.25) is 0 Å². The third-order valence-electron chi connectivity index (χ3n) is 2.81. The van der Waals surface area contributed by atoms with Crippen LogP contribution in [0.25, 0.3) is 0 Å². The summed E-state index contributed by atoms with van der Waals surface area (Å²) in [7, 11) is 1.92. The Morgan fingerprint density at radius 3 is 2.58 bits per heavy atom. The molecule has 102 valence electrons. The second kappa shape index (κ2) is 5.89. The van der Waals surface area contributed by atoms with Crippen LogP contribution < -0.4 is 10.1 Å². The summed E-state index contributed by atoms with van der Waals surface area (Å²) in [5.41, 5.74) is 2.14. The van der Waals surface area contributed by atoms with Crippen LogP contribution in [0, 0.1) is 6.92 Å². The number of aromatic nitrogens is 1. The van der Waals surface area contributed by atoms with Crippen LogP contribution in [0.2, 0.25) is 0 Å². The molecule has 4 heteroatoms. The number of hydrogen-bond acceptors (Lipinski definition) is 4. The molecule has 2 aromatic heterocycles. The summed E-state index contributed by atoms with van der Waals surface area (Å²) in [6.07, 6.45) is 5.49. The fraction of sp³-hybridized carbons (Fsp3) is 0.400. The highest BCUT2D eigenvalue weighted by atomic mass is 16.5. The maximum Gasteiger partial charge on any atom is 0.138 e. The van der Waals surface area contributed by atoms with Crippen LogP contribution in [-0.2, 0) is 0 Å². The van der Waals surface area contributed by atoms with Crippen molar-refractivity contribution >= 4 is 0 Å². The number of rotatable bonds is 5. The summed E-state index contributed by atoms with van der Waals surface area (Å²) >= 11 is 0. The Kier molecular flexibility index (Phi) is 4.22. The molecule has 2 aromatic rings. The van der Waals surface area contributed by atoms with Gasteiger partial charge in [-0.05, 0) is 45.5 Å². The lowest BCUT2D eigenvalue weighted by Crippen LogP contribution is -2.17. The van der Waals surface area contributed by atoms with E-state index in [-0.39, 0.29) is 12.1 Å². The molecule has 1 atom stereocenters. The van der Waals surface area contributed by atoms with Crippen LogP contribution in [0.4, 0.5) is 0 Å². The predicted molar refractivity (Wildman–Crippen MR) is 74.3 cm³/mol. The molecule has 4 nitrogen and oxygen atoms in total. The van der Waals surface area contributed by atoms with E-state index in [4.69, 9.17) is 9.15 Å². The zero-order valence-electron chi connectivity index (χ0n) is 11.8. The van der Waals surface area contributed by atoms with Gasteiger partial charge in [-0.2, -0.15) is 0 Å². The van der Waals surface area contributed by atoms with E-state index in [2.05, 4.69) is 10.3 Å². The van der Waals surface area contributed by atoms with Gasteiger partial charge in [0.05, 0.1) is 24.6 Å². The van der Waals surface area contributed by atoms with E-state index in [1.54, 1.807) is 12.5 Å². The first kappa shape index (κ1) is 13.6. The Morgan fingerprint density at radius 2 is 2.00 bits per heavy atom. The van der Waals surface area contributed by atoms with E-state index in [0.717, 1.165) is 22.6 Å². The van der Waals surface area contributed by atoms with E-state index >= 15 is 0 Å². The number of aryl methyl sites for hydroxylation is 1. The molecule has 0 fully saturated rings. The molecule has 1 unspecified atom stereocenters. The third-order valence-corrected chi connectivity index (χ3v) is 2.81. The van der Waals surface area contributed by atoms with Gasteiger partial charge in [-0.15, -0.1) is 0 Å². The summed E-state index contributed by atoms with van der Waals surface area (Å²) in [5, 5.41) is 3.27. The lowest BCUT2D eigenvalue weighted by atomic mass is 10.0. The van der Waals surface area contributed by atoms with Crippen LogP contribution in [-0.4, -0.2) is 18.1 Å². The highest BCUT2D eigenvalue weighted by Gasteiger charge is 2.15. The molecule has 0 aliphatic heterocycles. The topological polar surface area (TPSA) is 47.3 Å². The van der Waals surface area contributed by atoms with E-state index < -0.39 is 0 Å². The van der Waals surface area contributed by atoms with Crippen molar-refractivity contribution in [3.05, 3.63) is 47.7 Å². The number of nitrogens with zero attached hydrogens (tertiary/aromatic N) is 1. The smallest absolute Gasteiger partial charge is 0.138 e. The van der Waals surface area contributed by atoms with Gasteiger partial charge in [-0.3, -0.25) is 4.98 Å². The van der Waals surface area contributed by atoms with Crippen molar-refractivity contribution in [1.82, 2.24) is 10.3 Å². The minimum absolute atomic E-state index is 0.0562. The van der Waals surface area contributed by atoms with Gasteiger partial charge in [-0.1, -0.05) is 0 Å². The maximum absolute atomic E-state index is 5.68. The monoisotopic (exact) mass is 260 g/mol. The summed E-state index contributed by atoms with van der Waals surface area (Å²) in [6, 6.07) is 4.09. The van der Waals surface area contributed by atoms with Crippen LogP contribution in [0.15, 0.2) is 35.2 Å². The Hall–Kier alpha value is -1.81. The fourth-order valence-corrected chi connectivity index (χ4v) is 2.07. The van der Waals surface area contributed by atoms with Crippen molar-refractivity contribution in [3.8, 4) is 5.75 Å². The van der Waals surface area contributed by atoms with Crippen LogP contribution in [0.3, 0.4) is 0 Å². The van der Waals surface area contributed by atoms with Crippen molar-refractivity contribution in [2.75, 3.05) is 7.05 Å². The Balaban J connectivity index is 2.28. The number of hydrogen-bond donors (Lipinski definition) is 1. The Labute approximate surface area is 113 Å². The van der Waals surface area contributed by atoms with Crippen molar-refractivity contribution in [3.63, 3.8) is 0 Å². The summed E-state index contributed by atoms with van der Waals surface area (Å²) in [5.74, 6) is 1.69. The Bertz CT molecular complexity index is 534. The zero-order valence-corrected chi connectivity index (χ0v) is 11.8. The van der Waals surface area contributed by atoms with Gasteiger partial charge in [0.15, 0.2) is 0 Å². The van der Waals surface area contributed by atoms with Gasteiger partial charge in [0.1, 0.15) is 11.5 Å². The number of furan rings is 1. The highest BCUT2D eigenvalue weighted by Crippen LogP contribution is 2.25. The van der Waals surface area contributed by atoms with E-state index in [9.17, 15) is 0 Å². The highest BCUT2D eigenvalue weighted by molar-refractivity contribution is 5.33. The molecule has 19 heavy (non-hydrogen) atoms. The molecule has 2 rings (SSSR count). The summed E-state index contributed by atoms with van der Waals surface area (Å²) in [6.45, 7) is 5.94. The average Bonchev–Trinajstić information content (AvgIpc) is 2.76. The Morgan fingerprint density at radius 1 is 1.21 bits per heavy atom. The minimum Gasteiger partial charge on any atom is -0.489 e. The fourth-order valence-electron chi connectivity index (χ4n) is 2.07. The molecule has 0 radical (unpaired) electrons. The third kappa shape index (κ3) is 3.35. The summed E-state index contributed by atoms with van der Waals surface area (Å²) in [4.78, 5) is 4.24. The minimum atomic E-state index is 0.0562. The molecule has 0 amide bonds. The largest absolute Gasteiger partial charge is 0.489 e. The lowest BCUT2D eigenvalue weighted by Gasteiger charge is -2.16. The van der Waals surface area contributed by atoms with Crippen molar-refractivity contribution in [1.29, 1.82) is 0 Å². The molecule has 0 aromatic carbocycles. The lowest BCUT2D eigenvalue weighted by molar-refractivity contribution is 0.241. The second-order valence-corrected chi connectivity index (χ2v) is 4.83. The molecular formula is C15H20N2O2.